The molecule has 1 amide bonds. The van der Waals surface area contributed by atoms with Crippen LogP contribution in [0.2, 0.25) is 0 Å². The van der Waals surface area contributed by atoms with Crippen molar-refractivity contribution in [3.8, 4) is 0 Å². The molecule has 32 heavy (non-hydrogen) atoms. The molecule has 0 unspecified atom stereocenters. The molecule has 7 nitrogen and oxygen atoms in total. The third-order valence-electron chi connectivity index (χ3n) is 6.32. The third kappa shape index (κ3) is 4.95. The molecule has 0 spiro atoms. The monoisotopic (exact) mass is 497 g/mol. The fourth-order valence-electron chi connectivity index (χ4n) is 4.70. The van der Waals surface area contributed by atoms with Gasteiger partial charge in [-0.05, 0) is 49.6 Å². The van der Waals surface area contributed by atoms with Gasteiger partial charge in [0.2, 0.25) is 10.0 Å². The highest BCUT2D eigenvalue weighted by Gasteiger charge is 2.38. The molecule has 0 aromatic carbocycles. The first-order valence-corrected chi connectivity index (χ1v) is 14.3. The van der Waals surface area contributed by atoms with Crippen LogP contribution in [0.25, 0.3) is 0 Å². The summed E-state index contributed by atoms with van der Waals surface area (Å²) >= 11 is 2.85. The Kier molecular flexibility index (Phi) is 7.69. The van der Waals surface area contributed by atoms with E-state index in [0.29, 0.717) is 19.8 Å². The van der Waals surface area contributed by atoms with Crippen molar-refractivity contribution in [1.82, 2.24) is 14.5 Å². The largest absolute Gasteiger partial charge is 0.379 e. The molecule has 2 aliphatic heterocycles. The minimum absolute atomic E-state index is 0.0463. The summed E-state index contributed by atoms with van der Waals surface area (Å²) in [4.78, 5) is 17.0. The second-order valence-corrected chi connectivity index (χ2v) is 12.2. The van der Waals surface area contributed by atoms with Crippen molar-refractivity contribution >= 4 is 38.6 Å². The molecule has 2 fully saturated rings. The van der Waals surface area contributed by atoms with Crippen LogP contribution in [0.1, 0.15) is 53.7 Å². The molecule has 0 aliphatic carbocycles. The van der Waals surface area contributed by atoms with Gasteiger partial charge in [-0.2, -0.15) is 4.31 Å². The van der Waals surface area contributed by atoms with Crippen LogP contribution < -0.4 is 5.32 Å². The number of sulfonamides is 1. The number of piperidine rings is 1. The van der Waals surface area contributed by atoms with E-state index in [1.807, 2.05) is 25.3 Å². The number of hydrogen-bond donors (Lipinski definition) is 1. The fraction of sp³-hybridized carbons (Fsp3) is 0.591. The lowest BCUT2D eigenvalue weighted by atomic mass is 10.0. The van der Waals surface area contributed by atoms with Crippen LogP contribution in [0.15, 0.2) is 33.9 Å². The molecule has 1 N–H and O–H groups in total. The Morgan fingerprint density at radius 2 is 1.88 bits per heavy atom. The lowest BCUT2D eigenvalue weighted by Gasteiger charge is -2.37. The zero-order chi connectivity index (χ0) is 22.7. The number of nitrogens with zero attached hydrogens (tertiary/aromatic N) is 2. The van der Waals surface area contributed by atoms with Crippen LogP contribution in [0, 0.1) is 0 Å². The van der Waals surface area contributed by atoms with Crippen molar-refractivity contribution in [3.63, 3.8) is 0 Å². The maximum Gasteiger partial charge on any atom is 0.262 e. The Balaban J connectivity index is 1.51. The number of carbonyl (C=O) groups excluding carboxylic acids is 1. The van der Waals surface area contributed by atoms with E-state index < -0.39 is 10.0 Å². The molecule has 2 aromatic heterocycles. The van der Waals surface area contributed by atoms with Crippen LogP contribution in [-0.4, -0.2) is 68.5 Å². The van der Waals surface area contributed by atoms with E-state index in [0.717, 1.165) is 32.4 Å². The minimum atomic E-state index is -3.74. The summed E-state index contributed by atoms with van der Waals surface area (Å²) in [5.41, 5.74) is 0. The molecule has 4 rings (SSSR count). The van der Waals surface area contributed by atoms with Crippen LogP contribution >= 0.6 is 22.7 Å². The maximum absolute atomic E-state index is 13.5. The number of morpholine rings is 1. The van der Waals surface area contributed by atoms with E-state index in [-0.39, 0.29) is 33.8 Å². The summed E-state index contributed by atoms with van der Waals surface area (Å²) in [6.45, 7) is 7.29. The Morgan fingerprint density at radius 1 is 1.16 bits per heavy atom. The van der Waals surface area contributed by atoms with Gasteiger partial charge in [0.25, 0.3) is 5.91 Å². The summed E-state index contributed by atoms with van der Waals surface area (Å²) < 4.78 is 34.1. The Bertz CT molecular complexity index is 990. The molecule has 2 saturated heterocycles. The van der Waals surface area contributed by atoms with Crippen molar-refractivity contribution in [1.29, 1.82) is 0 Å². The van der Waals surface area contributed by atoms with Crippen LogP contribution in [0.5, 0.6) is 0 Å². The van der Waals surface area contributed by atoms with E-state index in [9.17, 15) is 13.2 Å². The molecule has 0 radical (unpaired) electrons. The summed E-state index contributed by atoms with van der Waals surface area (Å²) in [6, 6.07) is 5.58. The van der Waals surface area contributed by atoms with Crippen LogP contribution in [0.3, 0.4) is 0 Å². The summed E-state index contributed by atoms with van der Waals surface area (Å²) in [7, 11) is -3.74. The molecule has 2 aliphatic rings. The molecule has 10 heteroatoms. The molecule has 4 heterocycles. The van der Waals surface area contributed by atoms with Gasteiger partial charge >= 0.3 is 0 Å². The lowest BCUT2D eigenvalue weighted by molar-refractivity contribution is 0.0169. The Morgan fingerprint density at radius 3 is 2.53 bits per heavy atom. The van der Waals surface area contributed by atoms with Crippen LogP contribution in [-0.2, 0) is 14.8 Å². The lowest BCUT2D eigenvalue weighted by Crippen LogP contribution is -2.47. The van der Waals surface area contributed by atoms with Gasteiger partial charge < -0.3 is 10.1 Å². The van der Waals surface area contributed by atoms with Crippen molar-refractivity contribution in [2.45, 2.75) is 56.1 Å². The first-order valence-electron chi connectivity index (χ1n) is 11.1. The first kappa shape index (κ1) is 23.8. The van der Waals surface area contributed by atoms with Crippen molar-refractivity contribution in [2.24, 2.45) is 0 Å². The fourth-order valence-corrected chi connectivity index (χ4v) is 8.76. The van der Waals surface area contributed by atoms with Crippen molar-refractivity contribution < 1.29 is 17.9 Å². The first-order chi connectivity index (χ1) is 15.4. The van der Waals surface area contributed by atoms with E-state index >= 15 is 0 Å². The quantitative estimate of drug-likeness (QED) is 0.633. The number of thiophene rings is 2. The van der Waals surface area contributed by atoms with Gasteiger partial charge in [-0.15, -0.1) is 22.7 Å². The molecule has 0 saturated carbocycles. The smallest absolute Gasteiger partial charge is 0.262 e. The standard InChI is InChI=1S/C22H31N3O4S3/c1-16-5-3-6-17(2)25(16)32(27,28)20-8-14-31-21(20)22(26)23-15-18(19-7-4-13-30-19)24-9-11-29-12-10-24/h4,7-8,13-14,16-18H,3,5-6,9-12,15H2,1-2H3,(H,23,26)/t16-,17-,18+/m1/s1. The van der Waals surface area contributed by atoms with Crippen molar-refractivity contribution in [3.05, 3.63) is 38.7 Å². The second-order valence-electron chi connectivity index (χ2n) is 8.47. The third-order valence-corrected chi connectivity index (χ3v) is 10.5. The van der Waals surface area contributed by atoms with E-state index in [1.165, 1.54) is 16.2 Å². The average Bonchev–Trinajstić information content (AvgIpc) is 3.47. The van der Waals surface area contributed by atoms with E-state index in [4.69, 9.17) is 4.74 Å². The number of carbonyl (C=O) groups is 1. The summed E-state index contributed by atoms with van der Waals surface area (Å²) in [5.74, 6) is -0.328. The summed E-state index contributed by atoms with van der Waals surface area (Å²) in [5, 5.41) is 6.75. The highest BCUT2D eigenvalue weighted by Crippen LogP contribution is 2.33. The number of hydrogen-bond acceptors (Lipinski definition) is 7. The van der Waals surface area contributed by atoms with Gasteiger partial charge in [-0.3, -0.25) is 9.69 Å². The van der Waals surface area contributed by atoms with Gasteiger partial charge in [-0.25, -0.2) is 8.42 Å². The van der Waals surface area contributed by atoms with Gasteiger partial charge in [-0.1, -0.05) is 12.5 Å². The molecular weight excluding hydrogens is 466 g/mol. The van der Waals surface area contributed by atoms with E-state index in [2.05, 4.69) is 16.3 Å². The molecule has 2 aromatic rings. The molecular formula is C22H31N3O4S3. The molecule has 0 bridgehead atoms. The SMILES string of the molecule is C[C@@H]1CCC[C@@H](C)N1S(=O)(=O)c1ccsc1C(=O)NC[C@@H](c1cccs1)N1CCOCC1. The van der Waals surface area contributed by atoms with Gasteiger partial charge in [0.1, 0.15) is 9.77 Å². The normalized spacial score (nSPS) is 24.3. The predicted molar refractivity (Wildman–Crippen MR) is 128 cm³/mol. The zero-order valence-corrected chi connectivity index (χ0v) is 21.0. The predicted octanol–water partition coefficient (Wildman–Crippen LogP) is 3.56. The Hall–Kier alpha value is -1.30. The topological polar surface area (TPSA) is 79.0 Å². The molecule has 3 atom stereocenters. The van der Waals surface area contributed by atoms with Gasteiger partial charge in [0.05, 0.1) is 19.3 Å². The number of nitrogens with one attached hydrogen (secondary N) is 1. The summed E-state index contributed by atoms with van der Waals surface area (Å²) in [6.07, 6.45) is 2.71. The van der Waals surface area contributed by atoms with E-state index in [1.54, 1.807) is 27.1 Å². The zero-order valence-electron chi connectivity index (χ0n) is 18.5. The highest BCUT2D eigenvalue weighted by molar-refractivity contribution is 7.89. The maximum atomic E-state index is 13.5. The van der Waals surface area contributed by atoms with Gasteiger partial charge in [0, 0.05) is 36.6 Å². The average molecular weight is 498 g/mol. The highest BCUT2D eigenvalue weighted by atomic mass is 32.2. The second kappa shape index (κ2) is 10.3. The Labute approximate surface area is 198 Å². The van der Waals surface area contributed by atoms with Gasteiger partial charge in [0.15, 0.2) is 0 Å². The van der Waals surface area contributed by atoms with Crippen molar-refractivity contribution in [2.75, 3.05) is 32.8 Å². The number of rotatable bonds is 7. The molecule has 176 valence electrons. The minimum Gasteiger partial charge on any atom is -0.379 e. The number of amides is 1. The number of ether oxygens (including phenoxy) is 1. The van der Waals surface area contributed by atoms with Crippen LogP contribution in [0.4, 0.5) is 0 Å².